The molecule has 0 aliphatic carbocycles. The van der Waals surface area contributed by atoms with Gasteiger partial charge >= 0.3 is 5.97 Å². The average Bonchev–Trinajstić information content (AvgIpc) is 2.45. The smallest absolute Gasteiger partial charge is 0.309 e. The van der Waals surface area contributed by atoms with Gasteiger partial charge in [0.15, 0.2) is 0 Å². The number of hydrogen-bond donors (Lipinski definition) is 1. The molecule has 4 heteroatoms. The molecule has 0 bridgehead atoms. The van der Waals surface area contributed by atoms with Crippen LogP contribution in [0.3, 0.4) is 0 Å². The molecule has 1 aromatic carbocycles. The van der Waals surface area contributed by atoms with E-state index >= 15 is 0 Å². The highest BCUT2D eigenvalue weighted by Gasteiger charge is 2.22. The second-order valence-corrected chi connectivity index (χ2v) is 4.76. The van der Waals surface area contributed by atoms with Gasteiger partial charge in [-0.3, -0.25) is 4.79 Å². The molecule has 19 heavy (non-hydrogen) atoms. The number of methoxy groups -OCH3 is 2. The summed E-state index contributed by atoms with van der Waals surface area (Å²) in [5.74, 6) is 0.472. The van der Waals surface area contributed by atoms with Gasteiger partial charge in [-0.05, 0) is 31.5 Å². The van der Waals surface area contributed by atoms with Crippen molar-refractivity contribution in [2.75, 3.05) is 14.2 Å². The Kier molecular flexibility index (Phi) is 5.83. The van der Waals surface area contributed by atoms with E-state index in [4.69, 9.17) is 9.47 Å². The zero-order valence-electron chi connectivity index (χ0n) is 12.3. The Balaban J connectivity index is 2.62. The third kappa shape index (κ3) is 4.24. The first kappa shape index (κ1) is 15.5. The molecule has 0 radical (unpaired) electrons. The maximum absolute atomic E-state index is 11.5. The van der Waals surface area contributed by atoms with Crippen LogP contribution in [0.25, 0.3) is 0 Å². The highest BCUT2D eigenvalue weighted by atomic mass is 16.5. The largest absolute Gasteiger partial charge is 0.497 e. The normalized spacial score (nSPS) is 15.4. The third-order valence-corrected chi connectivity index (χ3v) is 3.45. The second kappa shape index (κ2) is 7.14. The first-order valence-electron chi connectivity index (χ1n) is 6.47. The van der Waals surface area contributed by atoms with Crippen LogP contribution in [0.15, 0.2) is 24.3 Å². The highest BCUT2D eigenvalue weighted by Crippen LogP contribution is 2.19. The van der Waals surface area contributed by atoms with Crippen LogP contribution >= 0.6 is 0 Å². The summed E-state index contributed by atoms with van der Waals surface area (Å²) >= 11 is 0. The summed E-state index contributed by atoms with van der Waals surface area (Å²) in [6.07, 6.45) is 0. The average molecular weight is 265 g/mol. The number of hydrogen-bond acceptors (Lipinski definition) is 4. The maximum Gasteiger partial charge on any atom is 0.309 e. The van der Waals surface area contributed by atoms with E-state index in [9.17, 15) is 4.79 Å². The van der Waals surface area contributed by atoms with Gasteiger partial charge in [0.25, 0.3) is 0 Å². The Labute approximate surface area is 115 Å². The van der Waals surface area contributed by atoms with Gasteiger partial charge in [0.1, 0.15) is 5.75 Å². The van der Waals surface area contributed by atoms with E-state index in [0.29, 0.717) is 0 Å². The molecule has 0 aliphatic heterocycles. The summed E-state index contributed by atoms with van der Waals surface area (Å²) < 4.78 is 9.89. The van der Waals surface area contributed by atoms with Gasteiger partial charge in [-0.1, -0.05) is 19.1 Å². The molecule has 1 N–H and O–H groups in total. The van der Waals surface area contributed by atoms with Crippen molar-refractivity contribution in [3.8, 4) is 5.75 Å². The summed E-state index contributed by atoms with van der Waals surface area (Å²) in [5, 5.41) is 3.41. The van der Waals surface area contributed by atoms with Crippen molar-refractivity contribution in [1.82, 2.24) is 5.32 Å². The van der Waals surface area contributed by atoms with E-state index in [2.05, 4.69) is 12.2 Å². The lowest BCUT2D eigenvalue weighted by molar-refractivity contribution is -0.145. The third-order valence-electron chi connectivity index (χ3n) is 3.45. The molecule has 3 atom stereocenters. The Bertz CT molecular complexity index is 402. The Morgan fingerprint density at radius 2 is 1.68 bits per heavy atom. The molecule has 1 aromatic rings. The molecule has 4 nitrogen and oxygen atoms in total. The van der Waals surface area contributed by atoms with Crippen LogP contribution in [0.5, 0.6) is 5.75 Å². The zero-order chi connectivity index (χ0) is 14.4. The monoisotopic (exact) mass is 265 g/mol. The summed E-state index contributed by atoms with van der Waals surface area (Å²) in [5.41, 5.74) is 1.16. The SMILES string of the molecule is COC(=O)C(C)C(C)N[C@H](C)c1ccc(OC)cc1. The fraction of sp³-hybridized carbons (Fsp3) is 0.533. The molecule has 0 saturated carbocycles. The summed E-state index contributed by atoms with van der Waals surface area (Å²) in [6, 6.07) is 8.11. The van der Waals surface area contributed by atoms with E-state index in [1.54, 1.807) is 7.11 Å². The van der Waals surface area contributed by atoms with Crippen LogP contribution < -0.4 is 10.1 Å². The van der Waals surface area contributed by atoms with E-state index in [-0.39, 0.29) is 24.0 Å². The van der Waals surface area contributed by atoms with Crippen LogP contribution in [0.1, 0.15) is 32.4 Å². The minimum Gasteiger partial charge on any atom is -0.497 e. The van der Waals surface area contributed by atoms with Gasteiger partial charge in [-0.25, -0.2) is 0 Å². The summed E-state index contributed by atoms with van der Waals surface area (Å²) in [7, 11) is 3.06. The van der Waals surface area contributed by atoms with E-state index < -0.39 is 0 Å². The lowest BCUT2D eigenvalue weighted by atomic mass is 10.0. The van der Waals surface area contributed by atoms with Crippen LogP contribution in [0.4, 0.5) is 0 Å². The molecule has 0 heterocycles. The highest BCUT2D eigenvalue weighted by molar-refractivity contribution is 5.72. The van der Waals surface area contributed by atoms with Crippen molar-refractivity contribution in [3.05, 3.63) is 29.8 Å². The van der Waals surface area contributed by atoms with Crippen molar-refractivity contribution in [3.63, 3.8) is 0 Å². The van der Waals surface area contributed by atoms with Gasteiger partial charge in [0.2, 0.25) is 0 Å². The van der Waals surface area contributed by atoms with Crippen LogP contribution in [-0.4, -0.2) is 26.2 Å². The Morgan fingerprint density at radius 1 is 1.11 bits per heavy atom. The van der Waals surface area contributed by atoms with Gasteiger partial charge in [0.05, 0.1) is 20.1 Å². The number of ether oxygens (including phenoxy) is 2. The predicted octanol–water partition coefficient (Wildman–Crippen LogP) is 2.54. The van der Waals surface area contributed by atoms with Crippen molar-refractivity contribution in [2.24, 2.45) is 5.92 Å². The van der Waals surface area contributed by atoms with Crippen molar-refractivity contribution < 1.29 is 14.3 Å². The van der Waals surface area contributed by atoms with Crippen molar-refractivity contribution in [2.45, 2.75) is 32.9 Å². The molecule has 0 aromatic heterocycles. The zero-order valence-corrected chi connectivity index (χ0v) is 12.3. The lowest BCUT2D eigenvalue weighted by Gasteiger charge is -2.24. The minimum absolute atomic E-state index is 0.0459. The van der Waals surface area contributed by atoms with Crippen LogP contribution in [0, 0.1) is 5.92 Å². The first-order chi connectivity index (χ1) is 8.99. The Morgan fingerprint density at radius 3 is 2.16 bits per heavy atom. The van der Waals surface area contributed by atoms with E-state index in [1.807, 2.05) is 38.1 Å². The molecular formula is C15H23NO3. The molecule has 106 valence electrons. The van der Waals surface area contributed by atoms with Crippen LogP contribution in [0.2, 0.25) is 0 Å². The second-order valence-electron chi connectivity index (χ2n) is 4.76. The minimum atomic E-state index is -0.193. The number of carbonyl (C=O) groups excluding carboxylic acids is 1. The number of benzene rings is 1. The first-order valence-corrected chi connectivity index (χ1v) is 6.47. The van der Waals surface area contributed by atoms with Crippen LogP contribution in [-0.2, 0) is 9.53 Å². The topological polar surface area (TPSA) is 47.6 Å². The summed E-state index contributed by atoms with van der Waals surface area (Å²) in [4.78, 5) is 11.5. The molecule has 2 unspecified atom stereocenters. The molecule has 0 spiro atoms. The number of carbonyl (C=O) groups is 1. The number of rotatable bonds is 6. The van der Waals surface area contributed by atoms with Gasteiger partial charge in [-0.15, -0.1) is 0 Å². The van der Waals surface area contributed by atoms with Gasteiger partial charge in [-0.2, -0.15) is 0 Å². The fourth-order valence-electron chi connectivity index (χ4n) is 1.92. The standard InChI is InChI=1S/C15H23NO3/c1-10(15(17)19-5)11(2)16-12(3)13-6-8-14(18-4)9-7-13/h6-12,16H,1-5H3/t10?,11?,12-/m1/s1. The van der Waals surface area contributed by atoms with Gasteiger partial charge < -0.3 is 14.8 Å². The summed E-state index contributed by atoms with van der Waals surface area (Å²) in [6.45, 7) is 5.92. The number of nitrogens with one attached hydrogen (secondary N) is 1. The molecule has 0 fully saturated rings. The fourth-order valence-corrected chi connectivity index (χ4v) is 1.92. The number of esters is 1. The van der Waals surface area contributed by atoms with Gasteiger partial charge in [0, 0.05) is 12.1 Å². The lowest BCUT2D eigenvalue weighted by Crippen LogP contribution is -2.38. The molecule has 0 amide bonds. The molecule has 1 rings (SSSR count). The maximum atomic E-state index is 11.5. The van der Waals surface area contributed by atoms with E-state index in [1.165, 1.54) is 7.11 Å². The Hall–Kier alpha value is -1.55. The van der Waals surface area contributed by atoms with Crippen molar-refractivity contribution in [1.29, 1.82) is 0 Å². The quantitative estimate of drug-likeness (QED) is 0.803. The molecule has 0 aliphatic rings. The van der Waals surface area contributed by atoms with Crippen molar-refractivity contribution >= 4 is 5.97 Å². The predicted molar refractivity (Wildman–Crippen MR) is 75.2 cm³/mol. The van der Waals surface area contributed by atoms with E-state index in [0.717, 1.165) is 11.3 Å². The molecular weight excluding hydrogens is 242 g/mol. The molecule has 0 saturated heterocycles.